The van der Waals surface area contributed by atoms with Gasteiger partial charge < -0.3 is 5.32 Å². The third-order valence-corrected chi connectivity index (χ3v) is 2.70. The van der Waals surface area contributed by atoms with Crippen molar-refractivity contribution >= 4 is 5.91 Å². The summed E-state index contributed by atoms with van der Waals surface area (Å²) < 4.78 is 0. The van der Waals surface area contributed by atoms with E-state index in [1.54, 1.807) is 0 Å². The van der Waals surface area contributed by atoms with Crippen LogP contribution in [0.3, 0.4) is 0 Å². The van der Waals surface area contributed by atoms with Crippen molar-refractivity contribution in [3.63, 3.8) is 0 Å². The molecule has 1 aliphatic rings. The van der Waals surface area contributed by atoms with Gasteiger partial charge in [-0.15, -0.1) is 6.42 Å². The third-order valence-electron chi connectivity index (χ3n) is 2.70. The van der Waals surface area contributed by atoms with Crippen LogP contribution in [0.4, 0.5) is 0 Å². The third kappa shape index (κ3) is 3.39. The minimum Gasteiger partial charge on any atom is -0.344 e. The Morgan fingerprint density at radius 3 is 3.07 bits per heavy atom. The van der Waals surface area contributed by atoms with Gasteiger partial charge in [-0.3, -0.25) is 9.69 Å². The summed E-state index contributed by atoms with van der Waals surface area (Å²) in [4.78, 5) is 13.5. The number of nitrogens with one attached hydrogen (secondary N) is 1. The first-order chi connectivity index (χ1) is 6.76. The molecule has 0 radical (unpaired) electrons. The van der Waals surface area contributed by atoms with Crippen molar-refractivity contribution < 1.29 is 4.79 Å². The van der Waals surface area contributed by atoms with Gasteiger partial charge in [-0.2, -0.15) is 0 Å². The summed E-state index contributed by atoms with van der Waals surface area (Å²) in [5.41, 5.74) is 0. The number of carbonyl (C=O) groups is 1. The molecule has 1 rings (SSSR count). The lowest BCUT2D eigenvalue weighted by atomic mass is 10.1. The Morgan fingerprint density at radius 1 is 1.71 bits per heavy atom. The van der Waals surface area contributed by atoms with Gasteiger partial charge in [0.05, 0.1) is 13.1 Å². The van der Waals surface area contributed by atoms with Crippen LogP contribution in [-0.4, -0.2) is 37.0 Å². The van der Waals surface area contributed by atoms with Crippen molar-refractivity contribution in [1.82, 2.24) is 10.2 Å². The molecule has 1 unspecified atom stereocenters. The highest BCUT2D eigenvalue weighted by atomic mass is 16.2. The highest BCUT2D eigenvalue weighted by molar-refractivity contribution is 5.78. The van der Waals surface area contributed by atoms with E-state index in [4.69, 9.17) is 6.42 Å². The van der Waals surface area contributed by atoms with Crippen LogP contribution in [0.25, 0.3) is 0 Å². The minimum absolute atomic E-state index is 0.0414. The molecule has 1 fully saturated rings. The Kier molecular flexibility index (Phi) is 4.48. The maximum absolute atomic E-state index is 11.3. The SMILES string of the molecule is C#CCNC(=O)CN1CCC(CC)C1. The van der Waals surface area contributed by atoms with E-state index in [9.17, 15) is 4.79 Å². The normalized spacial score (nSPS) is 21.9. The second-order valence-electron chi connectivity index (χ2n) is 3.78. The van der Waals surface area contributed by atoms with Crippen LogP contribution in [-0.2, 0) is 4.79 Å². The molecule has 1 aliphatic heterocycles. The van der Waals surface area contributed by atoms with Gasteiger partial charge in [0.15, 0.2) is 0 Å². The Morgan fingerprint density at radius 2 is 2.50 bits per heavy atom. The molecule has 0 saturated carbocycles. The Balaban J connectivity index is 2.19. The van der Waals surface area contributed by atoms with Gasteiger partial charge in [-0.05, 0) is 18.9 Å². The van der Waals surface area contributed by atoms with Crippen molar-refractivity contribution in [1.29, 1.82) is 0 Å². The van der Waals surface area contributed by atoms with Crippen LogP contribution in [0, 0.1) is 18.3 Å². The number of terminal acetylenes is 1. The number of rotatable bonds is 4. The van der Waals surface area contributed by atoms with Gasteiger partial charge >= 0.3 is 0 Å². The average Bonchev–Trinajstić information content (AvgIpc) is 2.62. The van der Waals surface area contributed by atoms with E-state index in [1.165, 1.54) is 12.8 Å². The lowest BCUT2D eigenvalue weighted by Gasteiger charge is -2.14. The maximum Gasteiger partial charge on any atom is 0.234 e. The average molecular weight is 194 g/mol. The fourth-order valence-electron chi connectivity index (χ4n) is 1.80. The molecule has 1 atom stereocenters. The first kappa shape index (κ1) is 11.1. The molecular formula is C11H18N2O. The zero-order chi connectivity index (χ0) is 10.4. The second-order valence-corrected chi connectivity index (χ2v) is 3.78. The number of hydrogen-bond acceptors (Lipinski definition) is 2. The molecule has 3 nitrogen and oxygen atoms in total. The predicted molar refractivity (Wildman–Crippen MR) is 56.7 cm³/mol. The minimum atomic E-state index is 0.0414. The van der Waals surface area contributed by atoms with Gasteiger partial charge in [0.2, 0.25) is 5.91 Å². The summed E-state index contributed by atoms with van der Waals surface area (Å²) in [6, 6.07) is 0. The van der Waals surface area contributed by atoms with Crippen molar-refractivity contribution in [2.45, 2.75) is 19.8 Å². The van der Waals surface area contributed by atoms with Gasteiger partial charge in [0.25, 0.3) is 0 Å². The van der Waals surface area contributed by atoms with Crippen molar-refractivity contribution in [2.75, 3.05) is 26.2 Å². The molecule has 0 aliphatic carbocycles. The Bertz CT molecular complexity index is 232. The zero-order valence-corrected chi connectivity index (χ0v) is 8.75. The maximum atomic E-state index is 11.3. The van der Waals surface area contributed by atoms with Gasteiger partial charge in [0.1, 0.15) is 0 Å². The van der Waals surface area contributed by atoms with Crippen molar-refractivity contribution in [2.24, 2.45) is 5.92 Å². The van der Waals surface area contributed by atoms with Crippen LogP contribution >= 0.6 is 0 Å². The molecule has 0 bridgehead atoms. The fourth-order valence-corrected chi connectivity index (χ4v) is 1.80. The standard InChI is InChI=1S/C11H18N2O/c1-3-6-12-11(14)9-13-7-5-10(4-2)8-13/h1,10H,4-9H2,2H3,(H,12,14). The summed E-state index contributed by atoms with van der Waals surface area (Å²) in [5.74, 6) is 3.21. The largest absolute Gasteiger partial charge is 0.344 e. The lowest BCUT2D eigenvalue weighted by Crippen LogP contribution is -2.36. The highest BCUT2D eigenvalue weighted by Gasteiger charge is 2.22. The van der Waals surface area contributed by atoms with Crippen LogP contribution in [0.5, 0.6) is 0 Å². The van der Waals surface area contributed by atoms with Crippen LogP contribution in [0.1, 0.15) is 19.8 Å². The molecule has 3 heteroatoms. The first-order valence-electron chi connectivity index (χ1n) is 5.18. The molecule has 1 heterocycles. The molecule has 0 aromatic heterocycles. The number of amides is 1. The Labute approximate surface area is 85.9 Å². The molecule has 0 aromatic carbocycles. The number of hydrogen-bond donors (Lipinski definition) is 1. The lowest BCUT2D eigenvalue weighted by molar-refractivity contribution is -0.121. The quantitative estimate of drug-likeness (QED) is 0.660. The van der Waals surface area contributed by atoms with Crippen molar-refractivity contribution in [3.8, 4) is 12.3 Å². The molecule has 1 N–H and O–H groups in total. The van der Waals surface area contributed by atoms with Gasteiger partial charge in [0, 0.05) is 6.54 Å². The predicted octanol–water partition coefficient (Wildman–Crippen LogP) is 0.468. The molecule has 1 saturated heterocycles. The summed E-state index contributed by atoms with van der Waals surface area (Å²) >= 11 is 0. The van der Waals surface area contributed by atoms with Crippen LogP contribution < -0.4 is 5.32 Å². The van der Waals surface area contributed by atoms with E-state index in [2.05, 4.69) is 23.1 Å². The smallest absolute Gasteiger partial charge is 0.234 e. The molecular weight excluding hydrogens is 176 g/mol. The molecule has 0 aromatic rings. The molecule has 0 spiro atoms. The van der Waals surface area contributed by atoms with Gasteiger partial charge in [-0.1, -0.05) is 19.3 Å². The second kappa shape index (κ2) is 5.66. The summed E-state index contributed by atoms with van der Waals surface area (Å²) in [6.45, 7) is 5.14. The zero-order valence-electron chi connectivity index (χ0n) is 8.75. The highest BCUT2D eigenvalue weighted by Crippen LogP contribution is 2.18. The van der Waals surface area contributed by atoms with E-state index in [0.29, 0.717) is 13.1 Å². The van der Waals surface area contributed by atoms with E-state index >= 15 is 0 Å². The van der Waals surface area contributed by atoms with Gasteiger partial charge in [-0.25, -0.2) is 0 Å². The van der Waals surface area contributed by atoms with E-state index < -0.39 is 0 Å². The van der Waals surface area contributed by atoms with Crippen molar-refractivity contribution in [3.05, 3.63) is 0 Å². The number of likely N-dealkylation sites (tertiary alicyclic amines) is 1. The number of nitrogens with zero attached hydrogens (tertiary/aromatic N) is 1. The van der Waals surface area contributed by atoms with Crippen LogP contribution in [0.2, 0.25) is 0 Å². The molecule has 78 valence electrons. The topological polar surface area (TPSA) is 32.3 Å². The fraction of sp³-hybridized carbons (Fsp3) is 0.727. The summed E-state index contributed by atoms with van der Waals surface area (Å²) in [5, 5.41) is 2.68. The van der Waals surface area contributed by atoms with E-state index in [-0.39, 0.29) is 5.91 Å². The molecule has 1 amide bonds. The Hall–Kier alpha value is -1.01. The molecule has 14 heavy (non-hydrogen) atoms. The summed E-state index contributed by atoms with van der Waals surface area (Å²) in [6.07, 6.45) is 7.48. The summed E-state index contributed by atoms with van der Waals surface area (Å²) in [7, 11) is 0. The van der Waals surface area contributed by atoms with E-state index in [0.717, 1.165) is 19.0 Å². The first-order valence-corrected chi connectivity index (χ1v) is 5.18. The van der Waals surface area contributed by atoms with Crippen LogP contribution in [0.15, 0.2) is 0 Å². The van der Waals surface area contributed by atoms with E-state index in [1.807, 2.05) is 0 Å². The number of carbonyl (C=O) groups excluding carboxylic acids is 1. The monoisotopic (exact) mass is 194 g/mol.